The Labute approximate surface area is 150 Å². The first kappa shape index (κ1) is 20.9. The molecule has 1 rings (SSSR count). The molecule has 3 nitrogen and oxygen atoms in total. The Morgan fingerprint density at radius 3 is 2.08 bits per heavy atom. The van der Waals surface area contributed by atoms with Crippen molar-refractivity contribution in [3.63, 3.8) is 0 Å². The van der Waals surface area contributed by atoms with E-state index in [0.717, 1.165) is 18.9 Å². The Morgan fingerprint density at radius 1 is 0.875 bits per heavy atom. The molecule has 24 heavy (non-hydrogen) atoms. The number of aromatic nitrogens is 2. The van der Waals surface area contributed by atoms with Crippen molar-refractivity contribution in [2.75, 3.05) is 11.4 Å². The van der Waals surface area contributed by atoms with E-state index in [1.165, 1.54) is 69.9 Å². The van der Waals surface area contributed by atoms with Crippen LogP contribution in [-0.2, 0) is 6.42 Å². The Kier molecular flexibility index (Phi) is 11.5. The van der Waals surface area contributed by atoms with E-state index in [0.29, 0.717) is 6.04 Å². The van der Waals surface area contributed by atoms with Crippen LogP contribution < -0.4 is 4.90 Å². The molecule has 0 aromatic carbocycles. The average Bonchev–Trinajstić information content (AvgIpc) is 2.62. The molecule has 0 fully saturated rings. The second kappa shape index (κ2) is 13.2. The van der Waals surface area contributed by atoms with Crippen LogP contribution in [0.2, 0.25) is 0 Å². The van der Waals surface area contributed by atoms with Crippen molar-refractivity contribution in [1.82, 2.24) is 9.97 Å². The maximum absolute atomic E-state index is 4.92. The fourth-order valence-electron chi connectivity index (χ4n) is 3.13. The molecule has 0 unspecified atom stereocenters. The van der Waals surface area contributed by atoms with E-state index < -0.39 is 0 Å². The predicted molar refractivity (Wildman–Crippen MR) is 106 cm³/mol. The quantitative estimate of drug-likeness (QED) is 0.407. The molecule has 0 aliphatic carbocycles. The summed E-state index contributed by atoms with van der Waals surface area (Å²) in [5.41, 5.74) is 1.20. The molecule has 1 heterocycles. The zero-order valence-electron chi connectivity index (χ0n) is 16.6. The van der Waals surface area contributed by atoms with Crippen molar-refractivity contribution in [2.24, 2.45) is 0 Å². The lowest BCUT2D eigenvalue weighted by Crippen LogP contribution is -2.37. The Morgan fingerprint density at radius 2 is 1.50 bits per heavy atom. The highest BCUT2D eigenvalue weighted by Gasteiger charge is 2.20. The number of nitrogens with zero attached hydrogens (tertiary/aromatic N) is 3. The van der Waals surface area contributed by atoms with Gasteiger partial charge in [-0.15, -0.1) is 0 Å². The van der Waals surface area contributed by atoms with Gasteiger partial charge in [0.25, 0.3) is 0 Å². The fourth-order valence-corrected chi connectivity index (χ4v) is 3.13. The van der Waals surface area contributed by atoms with Crippen LogP contribution in [0.4, 0.5) is 5.95 Å². The number of hydrogen-bond donors (Lipinski definition) is 0. The number of anilines is 1. The molecule has 1 aromatic heterocycles. The van der Waals surface area contributed by atoms with Crippen LogP contribution in [0.5, 0.6) is 0 Å². The Bertz CT molecular complexity index is 411. The first-order valence-electron chi connectivity index (χ1n) is 10.3. The van der Waals surface area contributed by atoms with Gasteiger partial charge in [0.15, 0.2) is 0 Å². The topological polar surface area (TPSA) is 29.0 Å². The third-order valence-corrected chi connectivity index (χ3v) is 4.72. The van der Waals surface area contributed by atoms with Crippen LogP contribution in [0.25, 0.3) is 0 Å². The van der Waals surface area contributed by atoms with Gasteiger partial charge in [-0.25, -0.2) is 9.97 Å². The number of hydrogen-bond acceptors (Lipinski definition) is 3. The van der Waals surface area contributed by atoms with Crippen molar-refractivity contribution >= 4 is 5.95 Å². The minimum atomic E-state index is 0.595. The molecule has 138 valence electrons. The Balaban J connectivity index is 2.94. The van der Waals surface area contributed by atoms with Gasteiger partial charge >= 0.3 is 0 Å². The lowest BCUT2D eigenvalue weighted by molar-refractivity contribution is 0.467. The molecule has 0 saturated heterocycles. The second-order valence-electron chi connectivity index (χ2n) is 6.94. The fraction of sp³-hybridized carbons (Fsp3) is 0.810. The summed E-state index contributed by atoms with van der Waals surface area (Å²) < 4.78 is 0. The average molecular weight is 334 g/mol. The van der Waals surface area contributed by atoms with Crippen LogP contribution in [0.1, 0.15) is 97.6 Å². The molecule has 0 aliphatic rings. The largest absolute Gasteiger partial charge is 0.338 e. The lowest BCUT2D eigenvalue weighted by atomic mass is 10.0. The molecule has 1 aromatic rings. The van der Waals surface area contributed by atoms with Gasteiger partial charge < -0.3 is 4.90 Å². The zero-order valence-corrected chi connectivity index (χ0v) is 16.6. The summed E-state index contributed by atoms with van der Waals surface area (Å²) in [5, 5.41) is 0. The SMILES string of the molecule is CCCCc1ccnc(N(CCCC)C(CCCC)CCCC)n1. The minimum Gasteiger partial charge on any atom is -0.338 e. The van der Waals surface area contributed by atoms with Gasteiger partial charge in [0.05, 0.1) is 0 Å². The van der Waals surface area contributed by atoms with Crippen LogP contribution in [-0.4, -0.2) is 22.6 Å². The normalized spacial score (nSPS) is 11.2. The van der Waals surface area contributed by atoms with E-state index in [1.54, 1.807) is 0 Å². The van der Waals surface area contributed by atoms with E-state index in [2.05, 4.69) is 43.6 Å². The molecular formula is C21H39N3. The van der Waals surface area contributed by atoms with Crippen molar-refractivity contribution in [1.29, 1.82) is 0 Å². The van der Waals surface area contributed by atoms with Crippen molar-refractivity contribution in [3.05, 3.63) is 18.0 Å². The third-order valence-electron chi connectivity index (χ3n) is 4.72. The van der Waals surface area contributed by atoms with E-state index >= 15 is 0 Å². The monoisotopic (exact) mass is 333 g/mol. The maximum atomic E-state index is 4.92. The van der Waals surface area contributed by atoms with Crippen molar-refractivity contribution < 1.29 is 0 Å². The van der Waals surface area contributed by atoms with Crippen molar-refractivity contribution in [3.8, 4) is 0 Å². The van der Waals surface area contributed by atoms with Gasteiger partial charge in [-0.3, -0.25) is 0 Å². The molecule has 3 heteroatoms. The van der Waals surface area contributed by atoms with Crippen LogP contribution >= 0.6 is 0 Å². The van der Waals surface area contributed by atoms with Gasteiger partial charge in [0.1, 0.15) is 0 Å². The molecule has 0 aliphatic heterocycles. The summed E-state index contributed by atoms with van der Waals surface area (Å²) in [7, 11) is 0. The summed E-state index contributed by atoms with van der Waals surface area (Å²) in [6, 6.07) is 2.68. The maximum Gasteiger partial charge on any atom is 0.225 e. The highest BCUT2D eigenvalue weighted by molar-refractivity contribution is 5.32. The number of rotatable bonds is 14. The lowest BCUT2D eigenvalue weighted by Gasteiger charge is -2.32. The molecule has 0 saturated carbocycles. The van der Waals surface area contributed by atoms with Crippen molar-refractivity contribution in [2.45, 2.75) is 104 Å². The van der Waals surface area contributed by atoms with Crippen LogP contribution in [0.3, 0.4) is 0 Å². The van der Waals surface area contributed by atoms with Gasteiger partial charge in [0.2, 0.25) is 5.95 Å². The predicted octanol–water partition coefficient (Wildman–Crippen LogP) is 6.17. The van der Waals surface area contributed by atoms with Gasteiger partial charge in [0, 0.05) is 24.5 Å². The highest BCUT2D eigenvalue weighted by Crippen LogP contribution is 2.21. The van der Waals surface area contributed by atoms with Crippen LogP contribution in [0.15, 0.2) is 12.3 Å². The molecule has 0 bridgehead atoms. The first-order chi connectivity index (χ1) is 11.8. The van der Waals surface area contributed by atoms with E-state index in [-0.39, 0.29) is 0 Å². The van der Waals surface area contributed by atoms with E-state index in [4.69, 9.17) is 4.98 Å². The van der Waals surface area contributed by atoms with Gasteiger partial charge in [-0.1, -0.05) is 66.2 Å². The van der Waals surface area contributed by atoms with Gasteiger partial charge in [-0.05, 0) is 38.2 Å². The molecule has 0 radical (unpaired) electrons. The second-order valence-corrected chi connectivity index (χ2v) is 6.94. The summed E-state index contributed by atoms with van der Waals surface area (Å²) in [5.74, 6) is 0.967. The third kappa shape index (κ3) is 7.63. The number of unbranched alkanes of at least 4 members (excludes halogenated alkanes) is 4. The highest BCUT2D eigenvalue weighted by atomic mass is 15.3. The molecule has 0 N–H and O–H groups in total. The first-order valence-corrected chi connectivity index (χ1v) is 10.3. The smallest absolute Gasteiger partial charge is 0.225 e. The molecular weight excluding hydrogens is 294 g/mol. The summed E-state index contributed by atoms with van der Waals surface area (Å²) in [6.07, 6.45) is 15.6. The summed E-state index contributed by atoms with van der Waals surface area (Å²) >= 11 is 0. The molecule has 0 amide bonds. The molecule has 0 atom stereocenters. The number of aryl methyl sites for hydroxylation is 1. The standard InChI is InChI=1S/C21H39N3/c1-5-9-13-19-16-17-22-21(23-19)24(18-12-8-4)20(14-10-6-2)15-11-7-3/h16-17,20H,5-15,18H2,1-4H3. The molecule has 0 spiro atoms. The summed E-state index contributed by atoms with van der Waals surface area (Å²) in [4.78, 5) is 12.1. The van der Waals surface area contributed by atoms with E-state index in [9.17, 15) is 0 Å². The zero-order chi connectivity index (χ0) is 17.6. The van der Waals surface area contributed by atoms with E-state index in [1.807, 2.05) is 6.20 Å². The minimum absolute atomic E-state index is 0.595. The van der Waals surface area contributed by atoms with Crippen LogP contribution in [0, 0.1) is 0 Å². The summed E-state index contributed by atoms with van der Waals surface area (Å²) in [6.45, 7) is 10.2. The van der Waals surface area contributed by atoms with Gasteiger partial charge in [-0.2, -0.15) is 0 Å². The Hall–Kier alpha value is -1.12.